The number of hydrogen-bond donors (Lipinski definition) is 1. The second kappa shape index (κ2) is 9.57. The van der Waals surface area contributed by atoms with Crippen molar-refractivity contribution >= 4 is 29.4 Å². The molecule has 1 aromatic heterocycles. The summed E-state index contributed by atoms with van der Waals surface area (Å²) < 4.78 is 16.2. The summed E-state index contributed by atoms with van der Waals surface area (Å²) in [6.07, 6.45) is 0.178. The summed E-state index contributed by atoms with van der Waals surface area (Å²) in [5, 5.41) is 2.39. The van der Waals surface area contributed by atoms with Gasteiger partial charge in [0.2, 0.25) is 0 Å². The molecule has 3 atom stereocenters. The first-order valence-electron chi connectivity index (χ1n) is 8.84. The highest BCUT2D eigenvalue weighted by Crippen LogP contribution is 2.30. The van der Waals surface area contributed by atoms with E-state index < -0.39 is 24.2 Å². The minimum atomic E-state index is -1.08. The number of thioether (sulfide) groups is 1. The Kier molecular flexibility index (Phi) is 6.89. The first-order valence-corrected chi connectivity index (χ1v) is 9.89. The van der Waals surface area contributed by atoms with E-state index >= 15 is 0 Å². The summed E-state index contributed by atoms with van der Waals surface area (Å²) in [7, 11) is 0. The minimum Gasteiger partial charge on any atom is -0.468 e. The zero-order valence-electron chi connectivity index (χ0n) is 15.3. The van der Waals surface area contributed by atoms with Gasteiger partial charge in [-0.1, -0.05) is 18.2 Å². The van der Waals surface area contributed by atoms with Gasteiger partial charge in [0, 0.05) is 24.2 Å². The zero-order chi connectivity index (χ0) is 19.9. The molecule has 0 bridgehead atoms. The van der Waals surface area contributed by atoms with Crippen LogP contribution in [0.3, 0.4) is 0 Å². The Morgan fingerprint density at radius 1 is 1.21 bits per heavy atom. The van der Waals surface area contributed by atoms with Gasteiger partial charge in [0.25, 0.3) is 5.91 Å². The number of carbonyl (C=O) groups excluding carboxylic acids is 3. The summed E-state index contributed by atoms with van der Waals surface area (Å²) in [5.74, 6) is 0.293. The fourth-order valence-corrected chi connectivity index (χ4v) is 3.96. The molecule has 1 amide bonds. The lowest BCUT2D eigenvalue weighted by molar-refractivity contribution is -0.156. The average Bonchev–Trinajstić information content (AvgIpc) is 3.21. The molecule has 2 aromatic rings. The largest absolute Gasteiger partial charge is 0.468 e. The van der Waals surface area contributed by atoms with Crippen molar-refractivity contribution in [2.24, 2.45) is 0 Å². The van der Waals surface area contributed by atoms with Gasteiger partial charge in [0.05, 0.1) is 12.0 Å². The average molecular weight is 403 g/mol. The van der Waals surface area contributed by atoms with Crippen molar-refractivity contribution in [1.82, 2.24) is 5.32 Å². The van der Waals surface area contributed by atoms with Crippen LogP contribution < -0.4 is 5.32 Å². The van der Waals surface area contributed by atoms with Crippen LogP contribution in [0.5, 0.6) is 0 Å². The van der Waals surface area contributed by atoms with Gasteiger partial charge in [0.1, 0.15) is 18.5 Å². The fraction of sp³-hybridized carbons (Fsp3) is 0.350. The summed E-state index contributed by atoms with van der Waals surface area (Å²) in [4.78, 5) is 36.1. The number of amides is 1. The number of benzene rings is 1. The zero-order valence-corrected chi connectivity index (χ0v) is 16.1. The van der Waals surface area contributed by atoms with Crippen molar-refractivity contribution in [3.05, 3.63) is 60.1 Å². The number of Topliss-reactive ketones (excluding diaryl/α,β-unsaturated/α-hetero) is 1. The highest BCUT2D eigenvalue weighted by atomic mass is 32.2. The minimum absolute atomic E-state index is 0.0101. The van der Waals surface area contributed by atoms with E-state index in [1.807, 2.05) is 6.07 Å². The molecule has 1 unspecified atom stereocenters. The number of carbonyl (C=O) groups is 3. The number of esters is 1. The third-order valence-corrected chi connectivity index (χ3v) is 5.54. The van der Waals surface area contributed by atoms with Crippen LogP contribution >= 0.6 is 11.8 Å². The van der Waals surface area contributed by atoms with Crippen molar-refractivity contribution in [1.29, 1.82) is 0 Å². The standard InChI is InChI=1S/C20H21NO6S/c1-13(22)26-11-17-18(28-12-15-8-5-9-25-15)10-16(23)20(27-17)21-19(24)14-6-3-2-4-7-14/h2-9,17-18,20H,10-12H2,1H3,(H,21,24)/t17-,18?,20-/m1/s1. The van der Waals surface area contributed by atoms with Gasteiger partial charge < -0.3 is 19.2 Å². The molecule has 28 heavy (non-hydrogen) atoms. The third kappa shape index (κ3) is 5.46. The maximum absolute atomic E-state index is 12.5. The molecule has 1 saturated heterocycles. The molecule has 1 aromatic carbocycles. The van der Waals surface area contributed by atoms with E-state index in [4.69, 9.17) is 13.9 Å². The summed E-state index contributed by atoms with van der Waals surface area (Å²) in [6, 6.07) is 12.2. The number of nitrogens with one attached hydrogen (secondary N) is 1. The summed E-state index contributed by atoms with van der Waals surface area (Å²) in [6.45, 7) is 1.32. The second-order valence-electron chi connectivity index (χ2n) is 6.30. The molecule has 1 aliphatic heterocycles. The molecule has 1 N–H and O–H groups in total. The highest BCUT2D eigenvalue weighted by molar-refractivity contribution is 7.99. The number of furan rings is 1. The second-order valence-corrected chi connectivity index (χ2v) is 7.52. The third-order valence-electron chi connectivity index (χ3n) is 4.19. The number of ether oxygens (including phenoxy) is 2. The van der Waals surface area contributed by atoms with Gasteiger partial charge in [-0.25, -0.2) is 0 Å². The van der Waals surface area contributed by atoms with E-state index in [0.717, 1.165) is 5.76 Å². The van der Waals surface area contributed by atoms with Crippen LogP contribution in [0.1, 0.15) is 29.5 Å². The summed E-state index contributed by atoms with van der Waals surface area (Å²) >= 11 is 1.49. The lowest BCUT2D eigenvalue weighted by atomic mass is 10.1. The quantitative estimate of drug-likeness (QED) is 0.710. The van der Waals surface area contributed by atoms with Crippen LogP contribution in [-0.2, 0) is 24.8 Å². The number of hydrogen-bond acceptors (Lipinski definition) is 7. The smallest absolute Gasteiger partial charge is 0.302 e. The Labute approximate surface area is 166 Å². The van der Waals surface area contributed by atoms with E-state index in [0.29, 0.717) is 11.3 Å². The molecule has 0 radical (unpaired) electrons. The van der Waals surface area contributed by atoms with Crippen molar-refractivity contribution < 1.29 is 28.3 Å². The Bertz CT molecular complexity index is 807. The van der Waals surface area contributed by atoms with Gasteiger partial charge in [0.15, 0.2) is 12.0 Å². The molecule has 3 rings (SSSR count). The molecule has 8 heteroatoms. The molecular formula is C20H21NO6S. The molecule has 1 fully saturated rings. The fourth-order valence-electron chi connectivity index (χ4n) is 2.78. The first kappa shape index (κ1) is 20.2. The molecule has 0 spiro atoms. The predicted molar refractivity (Wildman–Crippen MR) is 103 cm³/mol. The van der Waals surface area contributed by atoms with Crippen LogP contribution in [0.15, 0.2) is 53.1 Å². The SMILES string of the molecule is CC(=O)OC[C@H]1O[C@@H](NC(=O)c2ccccc2)C(=O)CC1SCc1ccco1. The molecular weight excluding hydrogens is 382 g/mol. The highest BCUT2D eigenvalue weighted by Gasteiger charge is 2.38. The Morgan fingerprint density at radius 2 is 2.00 bits per heavy atom. The van der Waals surface area contributed by atoms with Crippen molar-refractivity contribution in [2.45, 2.75) is 36.7 Å². The maximum atomic E-state index is 12.5. The number of rotatable bonds is 7. The van der Waals surface area contributed by atoms with Crippen LogP contribution in [0.25, 0.3) is 0 Å². The molecule has 148 valence electrons. The lowest BCUT2D eigenvalue weighted by Crippen LogP contribution is -2.53. The Hall–Kier alpha value is -2.58. The van der Waals surface area contributed by atoms with E-state index in [1.54, 1.807) is 42.7 Å². The van der Waals surface area contributed by atoms with Gasteiger partial charge in [-0.2, -0.15) is 0 Å². The molecule has 2 heterocycles. The van der Waals surface area contributed by atoms with E-state index in [-0.39, 0.29) is 24.1 Å². The molecule has 0 saturated carbocycles. The topological polar surface area (TPSA) is 94.8 Å². The number of ketones is 1. The molecule has 1 aliphatic rings. The van der Waals surface area contributed by atoms with Gasteiger partial charge in [-0.05, 0) is 24.3 Å². The Balaban J connectivity index is 1.64. The van der Waals surface area contributed by atoms with Crippen molar-refractivity contribution in [2.75, 3.05) is 6.61 Å². The predicted octanol–water partition coefficient (Wildman–Crippen LogP) is 2.56. The first-order chi connectivity index (χ1) is 13.5. The van der Waals surface area contributed by atoms with Crippen molar-refractivity contribution in [3.8, 4) is 0 Å². The molecule has 0 aliphatic carbocycles. The van der Waals surface area contributed by atoms with E-state index in [9.17, 15) is 14.4 Å². The van der Waals surface area contributed by atoms with E-state index in [1.165, 1.54) is 18.7 Å². The van der Waals surface area contributed by atoms with Crippen LogP contribution in [0.4, 0.5) is 0 Å². The maximum Gasteiger partial charge on any atom is 0.302 e. The van der Waals surface area contributed by atoms with E-state index in [2.05, 4.69) is 5.32 Å². The molecule has 7 nitrogen and oxygen atoms in total. The lowest BCUT2D eigenvalue weighted by Gasteiger charge is -2.35. The van der Waals surface area contributed by atoms with Crippen LogP contribution in [0, 0.1) is 0 Å². The van der Waals surface area contributed by atoms with Crippen LogP contribution in [-0.4, -0.2) is 41.8 Å². The van der Waals surface area contributed by atoms with Gasteiger partial charge >= 0.3 is 5.97 Å². The normalized spacial score (nSPS) is 21.9. The summed E-state index contributed by atoms with van der Waals surface area (Å²) in [5.41, 5.74) is 0.435. The monoisotopic (exact) mass is 403 g/mol. The van der Waals surface area contributed by atoms with Crippen molar-refractivity contribution in [3.63, 3.8) is 0 Å². The van der Waals surface area contributed by atoms with Gasteiger partial charge in [-0.3, -0.25) is 14.4 Å². The van der Waals surface area contributed by atoms with Gasteiger partial charge in [-0.15, -0.1) is 11.8 Å². The van der Waals surface area contributed by atoms with Crippen LogP contribution in [0.2, 0.25) is 0 Å². The Morgan fingerprint density at radius 3 is 2.68 bits per heavy atom.